The molecule has 1 aromatic rings. The standard InChI is InChI=1S/C14H20N2O2/c1-11-4-2-5-12-6-3-8-16(14(11)12)13(17)10-18-9-7-15/h2,4-5H,3,6-10,15H2,1H3. The Labute approximate surface area is 108 Å². The van der Waals surface area contributed by atoms with Crippen LogP contribution in [0.5, 0.6) is 0 Å². The van der Waals surface area contributed by atoms with Crippen LogP contribution < -0.4 is 10.6 Å². The van der Waals surface area contributed by atoms with E-state index < -0.39 is 0 Å². The van der Waals surface area contributed by atoms with E-state index >= 15 is 0 Å². The monoisotopic (exact) mass is 248 g/mol. The van der Waals surface area contributed by atoms with E-state index in [-0.39, 0.29) is 12.5 Å². The first-order chi connectivity index (χ1) is 8.74. The van der Waals surface area contributed by atoms with Gasteiger partial charge in [-0.25, -0.2) is 0 Å². The van der Waals surface area contributed by atoms with E-state index in [4.69, 9.17) is 10.5 Å². The number of nitrogens with zero attached hydrogens (tertiary/aromatic N) is 1. The second kappa shape index (κ2) is 5.98. The lowest BCUT2D eigenvalue weighted by atomic mass is 9.98. The molecule has 0 unspecified atom stereocenters. The number of para-hydroxylation sites is 1. The molecule has 98 valence electrons. The van der Waals surface area contributed by atoms with Crippen molar-refractivity contribution in [3.05, 3.63) is 29.3 Å². The van der Waals surface area contributed by atoms with Crippen molar-refractivity contribution < 1.29 is 9.53 Å². The van der Waals surface area contributed by atoms with Crippen molar-refractivity contribution in [2.75, 3.05) is 31.2 Å². The molecule has 0 aliphatic carbocycles. The van der Waals surface area contributed by atoms with Gasteiger partial charge in [-0.1, -0.05) is 18.2 Å². The second-order valence-corrected chi connectivity index (χ2v) is 4.57. The van der Waals surface area contributed by atoms with Gasteiger partial charge in [0.1, 0.15) is 6.61 Å². The molecule has 2 rings (SSSR count). The zero-order chi connectivity index (χ0) is 13.0. The molecular formula is C14H20N2O2. The maximum absolute atomic E-state index is 12.1. The summed E-state index contributed by atoms with van der Waals surface area (Å²) in [5.74, 6) is 0.0266. The summed E-state index contributed by atoms with van der Waals surface area (Å²) < 4.78 is 5.24. The smallest absolute Gasteiger partial charge is 0.252 e. The molecule has 0 aromatic heterocycles. The summed E-state index contributed by atoms with van der Waals surface area (Å²) in [4.78, 5) is 14.0. The number of benzene rings is 1. The van der Waals surface area contributed by atoms with Gasteiger partial charge in [0.05, 0.1) is 6.61 Å². The van der Waals surface area contributed by atoms with Gasteiger partial charge in [0, 0.05) is 18.8 Å². The third kappa shape index (κ3) is 2.71. The summed E-state index contributed by atoms with van der Waals surface area (Å²) in [7, 11) is 0. The lowest BCUT2D eigenvalue weighted by Gasteiger charge is -2.31. The minimum absolute atomic E-state index is 0.0266. The summed E-state index contributed by atoms with van der Waals surface area (Å²) >= 11 is 0. The van der Waals surface area contributed by atoms with Gasteiger partial charge in [-0.3, -0.25) is 4.79 Å². The molecule has 0 atom stereocenters. The maximum Gasteiger partial charge on any atom is 0.252 e. The summed E-state index contributed by atoms with van der Waals surface area (Å²) in [6, 6.07) is 6.20. The van der Waals surface area contributed by atoms with Crippen LogP contribution in [0.25, 0.3) is 0 Å². The fraction of sp³-hybridized carbons (Fsp3) is 0.500. The van der Waals surface area contributed by atoms with Crippen LogP contribution in [0.4, 0.5) is 5.69 Å². The van der Waals surface area contributed by atoms with Crippen LogP contribution >= 0.6 is 0 Å². The van der Waals surface area contributed by atoms with Gasteiger partial charge in [-0.05, 0) is 30.9 Å². The fourth-order valence-corrected chi connectivity index (χ4v) is 2.42. The number of hydrogen-bond acceptors (Lipinski definition) is 3. The lowest BCUT2D eigenvalue weighted by Crippen LogP contribution is -2.38. The Morgan fingerprint density at radius 1 is 1.50 bits per heavy atom. The summed E-state index contributed by atoms with van der Waals surface area (Å²) in [5, 5.41) is 0. The quantitative estimate of drug-likeness (QED) is 0.816. The highest BCUT2D eigenvalue weighted by molar-refractivity contribution is 5.96. The van der Waals surface area contributed by atoms with Crippen LogP contribution in [0.3, 0.4) is 0 Å². The molecule has 4 nitrogen and oxygen atoms in total. The highest BCUT2D eigenvalue weighted by atomic mass is 16.5. The molecule has 1 aliphatic rings. The molecule has 1 heterocycles. The van der Waals surface area contributed by atoms with Gasteiger partial charge in [0.2, 0.25) is 0 Å². The number of ether oxygens (including phenoxy) is 1. The first-order valence-electron chi connectivity index (χ1n) is 6.40. The van der Waals surface area contributed by atoms with Crippen LogP contribution in [0.1, 0.15) is 17.5 Å². The Balaban J connectivity index is 2.14. The molecular weight excluding hydrogens is 228 g/mol. The Hall–Kier alpha value is -1.39. The minimum atomic E-state index is 0.0266. The zero-order valence-corrected chi connectivity index (χ0v) is 10.8. The summed E-state index contributed by atoms with van der Waals surface area (Å²) in [5.41, 5.74) is 8.83. The van der Waals surface area contributed by atoms with Gasteiger partial charge in [0.15, 0.2) is 0 Å². The van der Waals surface area contributed by atoms with Crippen molar-refractivity contribution in [3.63, 3.8) is 0 Å². The highest BCUT2D eigenvalue weighted by Crippen LogP contribution is 2.30. The van der Waals surface area contributed by atoms with Gasteiger partial charge < -0.3 is 15.4 Å². The van der Waals surface area contributed by atoms with E-state index in [1.807, 2.05) is 24.0 Å². The largest absolute Gasteiger partial charge is 0.370 e. The molecule has 1 aliphatic heterocycles. The number of rotatable bonds is 4. The number of nitrogens with two attached hydrogens (primary N) is 1. The van der Waals surface area contributed by atoms with Crippen LogP contribution in [-0.4, -0.2) is 32.2 Å². The Kier molecular flexibility index (Phi) is 4.33. The zero-order valence-electron chi connectivity index (χ0n) is 10.8. The van der Waals surface area contributed by atoms with Gasteiger partial charge in [-0.15, -0.1) is 0 Å². The molecule has 0 saturated heterocycles. The number of aryl methyl sites for hydroxylation is 2. The van der Waals surface area contributed by atoms with E-state index in [9.17, 15) is 4.79 Å². The highest BCUT2D eigenvalue weighted by Gasteiger charge is 2.23. The number of carbonyl (C=O) groups is 1. The van der Waals surface area contributed by atoms with Crippen molar-refractivity contribution in [2.24, 2.45) is 5.73 Å². The first-order valence-corrected chi connectivity index (χ1v) is 6.40. The third-order valence-corrected chi connectivity index (χ3v) is 3.21. The molecule has 0 radical (unpaired) electrons. The van der Waals surface area contributed by atoms with Crippen molar-refractivity contribution >= 4 is 11.6 Å². The molecule has 1 amide bonds. The van der Waals surface area contributed by atoms with Gasteiger partial charge >= 0.3 is 0 Å². The van der Waals surface area contributed by atoms with Crippen molar-refractivity contribution in [1.29, 1.82) is 0 Å². The average Bonchev–Trinajstić information content (AvgIpc) is 2.38. The predicted octanol–water partition coefficient (Wildman–Crippen LogP) is 1.25. The number of amides is 1. The number of anilines is 1. The fourth-order valence-electron chi connectivity index (χ4n) is 2.42. The summed E-state index contributed by atoms with van der Waals surface area (Å²) in [6.07, 6.45) is 2.06. The molecule has 0 saturated carbocycles. The van der Waals surface area contributed by atoms with Crippen LogP contribution in [0.15, 0.2) is 18.2 Å². The van der Waals surface area contributed by atoms with Crippen LogP contribution in [0, 0.1) is 6.92 Å². The number of carbonyl (C=O) groups excluding carboxylic acids is 1. The minimum Gasteiger partial charge on any atom is -0.370 e. The number of fused-ring (bicyclic) bond motifs is 1. The van der Waals surface area contributed by atoms with E-state index in [0.29, 0.717) is 13.2 Å². The molecule has 1 aromatic carbocycles. The van der Waals surface area contributed by atoms with Gasteiger partial charge in [0.25, 0.3) is 5.91 Å². The molecule has 0 fully saturated rings. The van der Waals surface area contributed by atoms with E-state index in [2.05, 4.69) is 6.07 Å². The Bertz CT molecular complexity index is 432. The second-order valence-electron chi connectivity index (χ2n) is 4.57. The van der Waals surface area contributed by atoms with E-state index in [0.717, 1.165) is 30.6 Å². The maximum atomic E-state index is 12.1. The molecule has 2 N–H and O–H groups in total. The van der Waals surface area contributed by atoms with E-state index in [1.165, 1.54) is 5.56 Å². The SMILES string of the molecule is Cc1cccc2c1N(C(=O)COCCN)CCC2. The van der Waals surface area contributed by atoms with E-state index in [1.54, 1.807) is 0 Å². The molecule has 4 heteroatoms. The summed E-state index contributed by atoms with van der Waals surface area (Å²) in [6.45, 7) is 3.82. The molecule has 0 spiro atoms. The van der Waals surface area contributed by atoms with Crippen molar-refractivity contribution in [2.45, 2.75) is 19.8 Å². The van der Waals surface area contributed by atoms with Gasteiger partial charge in [-0.2, -0.15) is 0 Å². The predicted molar refractivity (Wildman–Crippen MR) is 71.7 cm³/mol. The van der Waals surface area contributed by atoms with Crippen molar-refractivity contribution in [1.82, 2.24) is 0 Å². The number of hydrogen-bond donors (Lipinski definition) is 1. The molecule has 18 heavy (non-hydrogen) atoms. The lowest BCUT2D eigenvalue weighted by molar-refractivity contribution is -0.123. The Morgan fingerprint density at radius 2 is 2.33 bits per heavy atom. The Morgan fingerprint density at radius 3 is 3.11 bits per heavy atom. The van der Waals surface area contributed by atoms with Crippen LogP contribution in [0.2, 0.25) is 0 Å². The molecule has 0 bridgehead atoms. The first kappa shape index (κ1) is 13.1. The average molecular weight is 248 g/mol. The van der Waals surface area contributed by atoms with Crippen LogP contribution in [-0.2, 0) is 16.0 Å². The normalized spacial score (nSPS) is 14.4. The van der Waals surface area contributed by atoms with Crippen molar-refractivity contribution in [3.8, 4) is 0 Å². The topological polar surface area (TPSA) is 55.6 Å². The third-order valence-electron chi connectivity index (χ3n) is 3.21.